The monoisotopic (exact) mass is 349 g/mol. The average molecular weight is 350 g/mol. The normalized spacial score (nSPS) is 11.8. The van der Waals surface area contributed by atoms with E-state index in [0.29, 0.717) is 23.1 Å². The van der Waals surface area contributed by atoms with Crippen LogP contribution in [-0.4, -0.2) is 17.8 Å². The minimum absolute atomic E-state index is 0.0281. The van der Waals surface area contributed by atoms with Crippen LogP contribution in [0.4, 0.5) is 5.69 Å². The van der Waals surface area contributed by atoms with E-state index in [2.05, 4.69) is 5.32 Å². The van der Waals surface area contributed by atoms with Gasteiger partial charge in [0.05, 0.1) is 17.5 Å². The Kier molecular flexibility index (Phi) is 6.81. The third-order valence-corrected chi connectivity index (χ3v) is 4.83. The molecule has 0 heterocycles. The molecule has 122 valence electrons. The molecule has 1 amide bonds. The quantitative estimate of drug-likeness (QED) is 0.694. The molecule has 0 bridgehead atoms. The standard InChI is InChI=1S/C18H20ClNO2S/c1-3-17(23-14-11-9-13(19)10-12-14)18(21)20-15-7-5-6-8-16(15)22-4-2/h5-12,17H,3-4H2,1-2H3,(H,20,21)/t17-/m0/s1. The second kappa shape index (κ2) is 8.85. The van der Waals surface area contributed by atoms with Gasteiger partial charge in [0.2, 0.25) is 5.91 Å². The van der Waals surface area contributed by atoms with Crippen molar-refractivity contribution in [1.82, 2.24) is 0 Å². The van der Waals surface area contributed by atoms with E-state index in [9.17, 15) is 4.79 Å². The molecule has 0 fully saturated rings. The summed E-state index contributed by atoms with van der Waals surface area (Å²) < 4.78 is 5.55. The Morgan fingerprint density at radius 2 is 1.87 bits per heavy atom. The molecule has 0 aliphatic rings. The highest BCUT2D eigenvalue weighted by atomic mass is 35.5. The Morgan fingerprint density at radius 1 is 1.17 bits per heavy atom. The highest BCUT2D eigenvalue weighted by molar-refractivity contribution is 8.00. The lowest BCUT2D eigenvalue weighted by molar-refractivity contribution is -0.115. The largest absolute Gasteiger partial charge is 0.492 e. The zero-order valence-corrected chi connectivity index (χ0v) is 14.8. The first-order valence-electron chi connectivity index (χ1n) is 7.59. The summed E-state index contributed by atoms with van der Waals surface area (Å²) in [6.07, 6.45) is 0.732. The first-order valence-corrected chi connectivity index (χ1v) is 8.84. The molecule has 2 aromatic carbocycles. The number of ether oxygens (including phenoxy) is 1. The molecule has 1 atom stereocenters. The number of carbonyl (C=O) groups is 1. The van der Waals surface area contributed by atoms with Crippen molar-refractivity contribution >= 4 is 35.0 Å². The number of anilines is 1. The van der Waals surface area contributed by atoms with Gasteiger partial charge in [-0.15, -0.1) is 11.8 Å². The van der Waals surface area contributed by atoms with Crippen LogP contribution in [0.5, 0.6) is 5.75 Å². The van der Waals surface area contributed by atoms with Gasteiger partial charge in [-0.1, -0.05) is 30.7 Å². The summed E-state index contributed by atoms with van der Waals surface area (Å²) >= 11 is 7.43. The van der Waals surface area contributed by atoms with Crippen LogP contribution in [0.1, 0.15) is 20.3 Å². The third-order valence-electron chi connectivity index (χ3n) is 3.20. The van der Waals surface area contributed by atoms with Gasteiger partial charge in [-0.25, -0.2) is 0 Å². The van der Waals surface area contributed by atoms with Crippen LogP contribution in [0.15, 0.2) is 53.4 Å². The molecular weight excluding hydrogens is 330 g/mol. The van der Waals surface area contributed by atoms with Crippen LogP contribution in [0, 0.1) is 0 Å². The molecule has 0 saturated carbocycles. The Morgan fingerprint density at radius 3 is 2.52 bits per heavy atom. The first kappa shape index (κ1) is 17.7. The fraction of sp³-hybridized carbons (Fsp3) is 0.278. The van der Waals surface area contributed by atoms with E-state index in [1.807, 2.05) is 62.4 Å². The summed E-state index contributed by atoms with van der Waals surface area (Å²) in [6, 6.07) is 15.0. The summed E-state index contributed by atoms with van der Waals surface area (Å²) in [4.78, 5) is 13.6. The lowest BCUT2D eigenvalue weighted by atomic mass is 10.2. The van der Waals surface area contributed by atoms with Gasteiger partial charge in [0, 0.05) is 9.92 Å². The zero-order valence-electron chi connectivity index (χ0n) is 13.2. The fourth-order valence-corrected chi connectivity index (χ4v) is 3.14. The Labute approximate surface area is 146 Å². The van der Waals surface area contributed by atoms with E-state index in [4.69, 9.17) is 16.3 Å². The van der Waals surface area contributed by atoms with Crippen LogP contribution in [-0.2, 0) is 4.79 Å². The number of para-hydroxylation sites is 2. The zero-order chi connectivity index (χ0) is 16.7. The number of hydrogen-bond donors (Lipinski definition) is 1. The summed E-state index contributed by atoms with van der Waals surface area (Å²) in [7, 11) is 0. The third kappa shape index (κ3) is 5.19. The lowest BCUT2D eigenvalue weighted by Gasteiger charge is -2.16. The molecule has 3 nitrogen and oxygen atoms in total. The van der Waals surface area contributed by atoms with Crippen molar-refractivity contribution in [3.8, 4) is 5.75 Å². The minimum atomic E-state index is -0.175. The maximum Gasteiger partial charge on any atom is 0.237 e. The molecule has 0 aliphatic heterocycles. The SMILES string of the molecule is CCOc1ccccc1NC(=O)[C@H](CC)Sc1ccc(Cl)cc1. The number of rotatable bonds is 7. The second-order valence-corrected chi connectivity index (χ2v) is 6.60. The highest BCUT2D eigenvalue weighted by Gasteiger charge is 2.19. The van der Waals surface area contributed by atoms with Crippen molar-refractivity contribution in [2.75, 3.05) is 11.9 Å². The van der Waals surface area contributed by atoms with Crippen molar-refractivity contribution < 1.29 is 9.53 Å². The summed E-state index contributed by atoms with van der Waals surface area (Å²) in [5, 5.41) is 3.48. The van der Waals surface area contributed by atoms with E-state index in [-0.39, 0.29) is 11.2 Å². The molecule has 23 heavy (non-hydrogen) atoms. The van der Waals surface area contributed by atoms with Gasteiger partial charge in [-0.05, 0) is 49.7 Å². The molecule has 2 rings (SSSR count). The van der Waals surface area contributed by atoms with Crippen LogP contribution in [0.3, 0.4) is 0 Å². The van der Waals surface area contributed by atoms with Gasteiger partial charge >= 0.3 is 0 Å². The van der Waals surface area contributed by atoms with Crippen molar-refractivity contribution in [2.24, 2.45) is 0 Å². The number of nitrogens with one attached hydrogen (secondary N) is 1. The summed E-state index contributed by atoms with van der Waals surface area (Å²) in [6.45, 7) is 4.48. The van der Waals surface area contributed by atoms with E-state index in [1.54, 1.807) is 0 Å². The predicted octanol–water partition coefficient (Wildman–Crippen LogP) is 5.25. The van der Waals surface area contributed by atoms with Gasteiger partial charge in [-0.3, -0.25) is 4.79 Å². The topological polar surface area (TPSA) is 38.3 Å². The molecule has 2 aromatic rings. The van der Waals surface area contributed by atoms with Crippen LogP contribution < -0.4 is 10.1 Å². The maximum atomic E-state index is 12.6. The smallest absolute Gasteiger partial charge is 0.237 e. The van der Waals surface area contributed by atoms with E-state index in [1.165, 1.54) is 11.8 Å². The number of benzene rings is 2. The number of thioether (sulfide) groups is 1. The van der Waals surface area contributed by atoms with Gasteiger partial charge in [-0.2, -0.15) is 0 Å². The van der Waals surface area contributed by atoms with Crippen molar-refractivity contribution in [3.05, 3.63) is 53.6 Å². The van der Waals surface area contributed by atoms with Crippen LogP contribution >= 0.6 is 23.4 Å². The molecule has 0 unspecified atom stereocenters. The maximum absolute atomic E-state index is 12.6. The molecule has 0 aromatic heterocycles. The summed E-state index contributed by atoms with van der Waals surface area (Å²) in [5.74, 6) is 0.661. The van der Waals surface area contributed by atoms with Crippen LogP contribution in [0.2, 0.25) is 5.02 Å². The van der Waals surface area contributed by atoms with Crippen LogP contribution in [0.25, 0.3) is 0 Å². The molecule has 1 N–H and O–H groups in total. The van der Waals surface area contributed by atoms with Gasteiger partial charge in [0.25, 0.3) is 0 Å². The second-order valence-electron chi connectivity index (χ2n) is 4.89. The average Bonchev–Trinajstić information content (AvgIpc) is 2.56. The van der Waals surface area contributed by atoms with Crippen molar-refractivity contribution in [2.45, 2.75) is 30.4 Å². The predicted molar refractivity (Wildman–Crippen MR) is 97.6 cm³/mol. The molecule has 0 aliphatic carbocycles. The minimum Gasteiger partial charge on any atom is -0.492 e. The molecule has 0 radical (unpaired) electrons. The number of halogens is 1. The molecule has 0 saturated heterocycles. The van der Waals surface area contributed by atoms with Gasteiger partial charge in [0.1, 0.15) is 5.75 Å². The highest BCUT2D eigenvalue weighted by Crippen LogP contribution is 2.29. The van der Waals surface area contributed by atoms with Crippen molar-refractivity contribution in [3.63, 3.8) is 0 Å². The van der Waals surface area contributed by atoms with Gasteiger partial charge < -0.3 is 10.1 Å². The number of hydrogen-bond acceptors (Lipinski definition) is 3. The lowest BCUT2D eigenvalue weighted by Crippen LogP contribution is -2.24. The number of carbonyl (C=O) groups excluding carboxylic acids is 1. The van der Waals surface area contributed by atoms with Gasteiger partial charge in [0.15, 0.2) is 0 Å². The first-order chi connectivity index (χ1) is 11.1. The Balaban J connectivity index is 2.06. The molecule has 5 heteroatoms. The van der Waals surface area contributed by atoms with E-state index in [0.717, 1.165) is 11.3 Å². The molecule has 0 spiro atoms. The Bertz CT molecular complexity index is 646. The van der Waals surface area contributed by atoms with E-state index < -0.39 is 0 Å². The fourth-order valence-electron chi connectivity index (χ4n) is 2.06. The number of amides is 1. The van der Waals surface area contributed by atoms with E-state index >= 15 is 0 Å². The summed E-state index contributed by atoms with van der Waals surface area (Å²) in [5.41, 5.74) is 0.703. The molecular formula is C18H20ClNO2S. The Hall–Kier alpha value is -1.65. The van der Waals surface area contributed by atoms with Crippen molar-refractivity contribution in [1.29, 1.82) is 0 Å².